The highest BCUT2D eigenvalue weighted by Crippen LogP contribution is 2.22. The smallest absolute Gasteiger partial charge is 0.0409 e. The normalized spacial score (nSPS) is 21.4. The maximum absolute atomic E-state index is 6.05. The van der Waals surface area contributed by atoms with Crippen LogP contribution >= 0.6 is 11.6 Å². The highest BCUT2D eigenvalue weighted by molar-refractivity contribution is 6.30. The van der Waals surface area contributed by atoms with Crippen LogP contribution in [0.1, 0.15) is 37.8 Å². The Bertz CT molecular complexity index is 375. The molecule has 0 aromatic heterocycles. The minimum Gasteiger partial charge on any atom is -0.314 e. The molecule has 2 nitrogen and oxygen atoms in total. The number of nitrogens with zero attached hydrogens (tertiary/aromatic N) is 1. The zero-order chi connectivity index (χ0) is 13.0. The molecule has 18 heavy (non-hydrogen) atoms. The summed E-state index contributed by atoms with van der Waals surface area (Å²) in [6.07, 6.45) is 3.90. The van der Waals surface area contributed by atoms with E-state index in [1.807, 2.05) is 12.1 Å². The first-order valence-electron chi connectivity index (χ1n) is 6.86. The Kier molecular flexibility index (Phi) is 5.04. The van der Waals surface area contributed by atoms with Crippen molar-refractivity contribution >= 4 is 11.6 Å². The van der Waals surface area contributed by atoms with Crippen LogP contribution < -0.4 is 5.32 Å². The van der Waals surface area contributed by atoms with Crippen LogP contribution in [-0.4, -0.2) is 31.1 Å². The van der Waals surface area contributed by atoms with E-state index in [4.69, 9.17) is 11.6 Å². The fourth-order valence-corrected chi connectivity index (χ4v) is 2.78. The van der Waals surface area contributed by atoms with Gasteiger partial charge in [-0.3, -0.25) is 4.90 Å². The minimum absolute atomic E-state index is 0.421. The molecule has 1 N–H and O–H groups in total. The van der Waals surface area contributed by atoms with Crippen molar-refractivity contribution in [2.24, 2.45) is 0 Å². The first-order chi connectivity index (χ1) is 8.66. The summed E-state index contributed by atoms with van der Waals surface area (Å²) in [5.41, 5.74) is 1.30. The van der Waals surface area contributed by atoms with Gasteiger partial charge in [-0.05, 0) is 64.0 Å². The van der Waals surface area contributed by atoms with Gasteiger partial charge in [-0.15, -0.1) is 0 Å². The Morgan fingerprint density at radius 2 is 2.33 bits per heavy atom. The van der Waals surface area contributed by atoms with Crippen molar-refractivity contribution in [3.05, 3.63) is 34.9 Å². The average molecular weight is 267 g/mol. The Labute approximate surface area is 115 Å². The van der Waals surface area contributed by atoms with Crippen molar-refractivity contribution in [3.8, 4) is 0 Å². The lowest BCUT2D eigenvalue weighted by Crippen LogP contribution is -2.30. The Balaban J connectivity index is 1.85. The summed E-state index contributed by atoms with van der Waals surface area (Å²) < 4.78 is 0. The van der Waals surface area contributed by atoms with Crippen molar-refractivity contribution in [3.63, 3.8) is 0 Å². The second-order valence-corrected chi connectivity index (χ2v) is 5.73. The molecular weight excluding hydrogens is 244 g/mol. The first-order valence-corrected chi connectivity index (χ1v) is 7.23. The second kappa shape index (κ2) is 6.55. The van der Waals surface area contributed by atoms with E-state index in [2.05, 4.69) is 36.3 Å². The van der Waals surface area contributed by atoms with E-state index in [0.29, 0.717) is 6.04 Å². The summed E-state index contributed by atoms with van der Waals surface area (Å²) in [6.45, 7) is 4.57. The highest BCUT2D eigenvalue weighted by atomic mass is 35.5. The zero-order valence-electron chi connectivity index (χ0n) is 11.3. The fraction of sp³-hybridized carbons (Fsp3) is 0.600. The van der Waals surface area contributed by atoms with Crippen molar-refractivity contribution in [2.75, 3.05) is 20.1 Å². The van der Waals surface area contributed by atoms with Crippen LogP contribution in [0.3, 0.4) is 0 Å². The van der Waals surface area contributed by atoms with E-state index in [0.717, 1.165) is 17.6 Å². The summed E-state index contributed by atoms with van der Waals surface area (Å²) in [6, 6.07) is 9.32. The van der Waals surface area contributed by atoms with E-state index < -0.39 is 0 Å². The monoisotopic (exact) mass is 266 g/mol. The average Bonchev–Trinajstić information content (AvgIpc) is 2.88. The summed E-state index contributed by atoms with van der Waals surface area (Å²) in [7, 11) is 2.19. The van der Waals surface area contributed by atoms with Gasteiger partial charge in [-0.2, -0.15) is 0 Å². The molecule has 0 saturated carbocycles. The third-order valence-corrected chi connectivity index (χ3v) is 4.22. The van der Waals surface area contributed by atoms with Gasteiger partial charge in [0.05, 0.1) is 0 Å². The standard InChI is InChI=1S/C15H23ClN2/c1-12(13-5-3-6-14(16)11-13)18(2)10-8-15-7-4-9-17-15/h3,5-6,11-12,15,17H,4,7-10H2,1-2H3. The predicted octanol–water partition coefficient (Wildman–Crippen LogP) is 3.47. The molecule has 1 heterocycles. The number of rotatable bonds is 5. The van der Waals surface area contributed by atoms with Crippen molar-refractivity contribution in [2.45, 2.75) is 38.3 Å². The van der Waals surface area contributed by atoms with Gasteiger partial charge < -0.3 is 5.32 Å². The van der Waals surface area contributed by atoms with E-state index in [9.17, 15) is 0 Å². The molecule has 1 aromatic rings. The van der Waals surface area contributed by atoms with E-state index in [1.54, 1.807) is 0 Å². The molecule has 1 aliphatic heterocycles. The molecule has 0 aliphatic carbocycles. The summed E-state index contributed by atoms with van der Waals surface area (Å²) in [4.78, 5) is 2.41. The molecule has 100 valence electrons. The Hall–Kier alpha value is -0.570. The van der Waals surface area contributed by atoms with Crippen LogP contribution in [0.15, 0.2) is 24.3 Å². The third-order valence-electron chi connectivity index (χ3n) is 3.98. The van der Waals surface area contributed by atoms with Gasteiger partial charge in [0.25, 0.3) is 0 Å². The SMILES string of the molecule is CC(c1cccc(Cl)c1)N(C)CCC1CCCN1. The molecule has 2 rings (SSSR count). The van der Waals surface area contributed by atoms with Crippen molar-refractivity contribution in [1.29, 1.82) is 0 Å². The number of hydrogen-bond acceptors (Lipinski definition) is 2. The Morgan fingerprint density at radius 3 is 3.00 bits per heavy atom. The lowest BCUT2D eigenvalue weighted by Gasteiger charge is -2.26. The summed E-state index contributed by atoms with van der Waals surface area (Å²) in [5, 5.41) is 4.38. The number of halogens is 1. The minimum atomic E-state index is 0.421. The van der Waals surface area contributed by atoms with Gasteiger partial charge in [-0.25, -0.2) is 0 Å². The van der Waals surface area contributed by atoms with Crippen LogP contribution in [0.5, 0.6) is 0 Å². The van der Waals surface area contributed by atoms with E-state index in [-0.39, 0.29) is 0 Å². The molecule has 1 fully saturated rings. The molecule has 1 aliphatic rings. The quantitative estimate of drug-likeness (QED) is 0.878. The maximum atomic E-state index is 6.05. The number of nitrogens with one attached hydrogen (secondary N) is 1. The summed E-state index contributed by atoms with van der Waals surface area (Å²) in [5.74, 6) is 0. The largest absolute Gasteiger partial charge is 0.314 e. The summed E-state index contributed by atoms with van der Waals surface area (Å²) >= 11 is 6.05. The molecule has 0 spiro atoms. The number of benzene rings is 1. The van der Waals surface area contributed by atoms with Gasteiger partial charge in [0.15, 0.2) is 0 Å². The third kappa shape index (κ3) is 3.71. The van der Waals surface area contributed by atoms with Gasteiger partial charge >= 0.3 is 0 Å². The molecule has 3 heteroatoms. The Morgan fingerprint density at radius 1 is 1.50 bits per heavy atom. The van der Waals surface area contributed by atoms with Gasteiger partial charge in [0, 0.05) is 17.1 Å². The second-order valence-electron chi connectivity index (χ2n) is 5.29. The van der Waals surface area contributed by atoms with E-state index in [1.165, 1.54) is 31.4 Å². The lowest BCUT2D eigenvalue weighted by atomic mass is 10.1. The predicted molar refractivity (Wildman–Crippen MR) is 78.1 cm³/mol. The molecule has 0 bridgehead atoms. The van der Waals surface area contributed by atoms with Gasteiger partial charge in [0.2, 0.25) is 0 Å². The first kappa shape index (κ1) is 13.9. The fourth-order valence-electron chi connectivity index (χ4n) is 2.58. The molecule has 2 unspecified atom stereocenters. The van der Waals surface area contributed by atoms with Gasteiger partial charge in [0.1, 0.15) is 0 Å². The van der Waals surface area contributed by atoms with E-state index >= 15 is 0 Å². The van der Waals surface area contributed by atoms with Gasteiger partial charge in [-0.1, -0.05) is 23.7 Å². The topological polar surface area (TPSA) is 15.3 Å². The van der Waals surface area contributed by atoms with Crippen molar-refractivity contribution < 1.29 is 0 Å². The molecule has 0 amide bonds. The molecule has 2 atom stereocenters. The molecule has 1 aromatic carbocycles. The van der Waals surface area contributed by atoms with Crippen LogP contribution in [0.25, 0.3) is 0 Å². The molecule has 0 radical (unpaired) electrons. The molecular formula is C15H23ClN2. The van der Waals surface area contributed by atoms with Crippen molar-refractivity contribution in [1.82, 2.24) is 10.2 Å². The van der Waals surface area contributed by atoms with Crippen LogP contribution in [-0.2, 0) is 0 Å². The lowest BCUT2D eigenvalue weighted by molar-refractivity contribution is 0.248. The zero-order valence-corrected chi connectivity index (χ0v) is 12.1. The van der Waals surface area contributed by atoms with Crippen LogP contribution in [0.2, 0.25) is 5.02 Å². The van der Waals surface area contributed by atoms with Crippen LogP contribution in [0, 0.1) is 0 Å². The highest BCUT2D eigenvalue weighted by Gasteiger charge is 2.17. The maximum Gasteiger partial charge on any atom is 0.0409 e. The van der Waals surface area contributed by atoms with Crippen LogP contribution in [0.4, 0.5) is 0 Å². The number of hydrogen-bond donors (Lipinski definition) is 1. The molecule has 1 saturated heterocycles.